The number of hydrogen-bond donors (Lipinski definition) is 2. The molecule has 0 spiro atoms. The van der Waals surface area contributed by atoms with E-state index in [4.69, 9.17) is 11.6 Å². The lowest BCUT2D eigenvalue weighted by Gasteiger charge is -2.37. The van der Waals surface area contributed by atoms with Crippen LogP contribution in [-0.2, 0) is 18.1 Å². The minimum Gasteiger partial charge on any atom is -0.391 e. The smallest absolute Gasteiger partial charge is 0.391 e. The summed E-state index contributed by atoms with van der Waals surface area (Å²) in [6, 6.07) is 13.0. The summed E-state index contributed by atoms with van der Waals surface area (Å²) in [5.74, 6) is -1.20. The zero-order valence-electron chi connectivity index (χ0n) is 18.0. The SMILES string of the molecule is OC(CN[C@@](Cc1ccccc1)(c1cc(F)cc(C(F)(F)F)c1)c1ccc(Cl)cn1)CC(F)(F)F. The average Bonchev–Trinajstić information content (AvgIpc) is 2.76. The Morgan fingerprint density at radius 3 is 2.14 bits per heavy atom. The molecule has 0 aliphatic heterocycles. The monoisotopic (exact) mass is 520 g/mol. The fraction of sp³-hybridized carbons (Fsp3) is 0.292. The summed E-state index contributed by atoms with van der Waals surface area (Å²) in [5, 5.41) is 13.0. The van der Waals surface area contributed by atoms with Gasteiger partial charge in [-0.15, -0.1) is 0 Å². The average molecular weight is 521 g/mol. The molecule has 0 bridgehead atoms. The molecule has 1 unspecified atom stereocenters. The minimum atomic E-state index is -4.89. The van der Waals surface area contributed by atoms with Gasteiger partial charge in [0.25, 0.3) is 0 Å². The van der Waals surface area contributed by atoms with Crippen molar-refractivity contribution in [2.45, 2.75) is 36.8 Å². The van der Waals surface area contributed by atoms with Gasteiger partial charge in [0.2, 0.25) is 0 Å². The normalized spacial score (nSPS) is 15.0. The van der Waals surface area contributed by atoms with Crippen molar-refractivity contribution in [2.24, 2.45) is 0 Å². The van der Waals surface area contributed by atoms with Gasteiger partial charge in [0, 0.05) is 19.2 Å². The van der Waals surface area contributed by atoms with Crippen molar-refractivity contribution in [2.75, 3.05) is 6.54 Å². The highest BCUT2D eigenvalue weighted by Gasteiger charge is 2.40. The number of rotatable bonds is 8. The second-order valence-electron chi connectivity index (χ2n) is 8.01. The van der Waals surface area contributed by atoms with Gasteiger partial charge in [-0.25, -0.2) is 4.39 Å². The summed E-state index contributed by atoms with van der Waals surface area (Å²) in [4.78, 5) is 4.20. The van der Waals surface area contributed by atoms with Crippen LogP contribution in [0.1, 0.15) is 28.8 Å². The number of benzene rings is 2. The Bertz CT molecular complexity index is 1120. The van der Waals surface area contributed by atoms with Crippen molar-refractivity contribution in [3.8, 4) is 0 Å². The molecule has 3 rings (SSSR count). The quantitative estimate of drug-likeness (QED) is 0.344. The number of nitrogens with zero attached hydrogens (tertiary/aromatic N) is 1. The molecule has 1 aromatic heterocycles. The van der Waals surface area contributed by atoms with Crippen LogP contribution in [0.5, 0.6) is 0 Å². The lowest BCUT2D eigenvalue weighted by atomic mass is 9.79. The molecule has 0 saturated heterocycles. The molecule has 35 heavy (non-hydrogen) atoms. The molecule has 0 fully saturated rings. The Hall–Kier alpha value is -2.69. The lowest BCUT2D eigenvalue weighted by Crippen LogP contribution is -2.49. The van der Waals surface area contributed by atoms with E-state index in [0.717, 1.165) is 6.07 Å². The van der Waals surface area contributed by atoms with Crippen molar-refractivity contribution in [1.29, 1.82) is 0 Å². The van der Waals surface area contributed by atoms with Gasteiger partial charge >= 0.3 is 12.4 Å². The summed E-state index contributed by atoms with van der Waals surface area (Å²) in [6.07, 6.45) is -11.9. The minimum absolute atomic E-state index is 0.0729. The topological polar surface area (TPSA) is 45.1 Å². The molecule has 3 nitrogen and oxygen atoms in total. The second kappa shape index (κ2) is 10.5. The molecule has 0 aliphatic carbocycles. The molecule has 188 valence electrons. The summed E-state index contributed by atoms with van der Waals surface area (Å²) < 4.78 is 93.5. The van der Waals surface area contributed by atoms with Crippen LogP contribution >= 0.6 is 11.6 Å². The molecule has 0 aliphatic rings. The van der Waals surface area contributed by atoms with Crippen LogP contribution in [0.2, 0.25) is 5.02 Å². The molecule has 2 atom stereocenters. The predicted octanol–water partition coefficient (Wildman–Crippen LogP) is 6.28. The first-order chi connectivity index (χ1) is 16.3. The number of hydrogen-bond acceptors (Lipinski definition) is 3. The van der Waals surface area contributed by atoms with Gasteiger partial charge in [-0.05, 0) is 41.5 Å². The van der Waals surface area contributed by atoms with E-state index in [9.17, 15) is 35.8 Å². The predicted molar refractivity (Wildman–Crippen MR) is 116 cm³/mol. The van der Waals surface area contributed by atoms with E-state index in [1.807, 2.05) is 0 Å². The summed E-state index contributed by atoms with van der Waals surface area (Å²) >= 11 is 5.92. The van der Waals surface area contributed by atoms with Crippen LogP contribution in [0, 0.1) is 5.82 Å². The fourth-order valence-electron chi connectivity index (χ4n) is 3.76. The number of aliphatic hydroxyl groups excluding tert-OH is 1. The summed E-state index contributed by atoms with van der Waals surface area (Å²) in [7, 11) is 0. The van der Waals surface area contributed by atoms with Crippen molar-refractivity contribution < 1.29 is 35.8 Å². The van der Waals surface area contributed by atoms with Gasteiger partial charge in [0.1, 0.15) is 5.82 Å². The number of alkyl halides is 6. The Morgan fingerprint density at radius 2 is 1.57 bits per heavy atom. The van der Waals surface area contributed by atoms with Crippen LogP contribution in [0.3, 0.4) is 0 Å². The Balaban J connectivity index is 2.21. The fourth-order valence-corrected chi connectivity index (χ4v) is 3.87. The molecule has 3 aromatic rings. The highest BCUT2D eigenvalue weighted by atomic mass is 35.5. The number of pyridine rings is 1. The zero-order valence-corrected chi connectivity index (χ0v) is 18.7. The third-order valence-corrected chi connectivity index (χ3v) is 5.52. The Kier molecular flexibility index (Phi) is 8.08. The van der Waals surface area contributed by atoms with E-state index in [-0.39, 0.29) is 22.7 Å². The molecule has 1 heterocycles. The Morgan fingerprint density at radius 1 is 0.914 bits per heavy atom. The molecule has 0 radical (unpaired) electrons. The number of nitrogens with one attached hydrogen (secondary N) is 1. The van der Waals surface area contributed by atoms with Crippen molar-refractivity contribution >= 4 is 11.6 Å². The van der Waals surface area contributed by atoms with Gasteiger partial charge in [-0.2, -0.15) is 26.3 Å². The van der Waals surface area contributed by atoms with Crippen LogP contribution in [-0.4, -0.2) is 28.9 Å². The molecular formula is C24H20ClF7N2O. The van der Waals surface area contributed by atoms with E-state index < -0.39 is 48.3 Å². The first kappa shape index (κ1) is 26.9. The largest absolute Gasteiger partial charge is 0.416 e. The van der Waals surface area contributed by atoms with E-state index in [0.29, 0.717) is 17.7 Å². The number of aliphatic hydroxyl groups is 1. The zero-order chi connectivity index (χ0) is 25.9. The summed E-state index contributed by atoms with van der Waals surface area (Å²) in [5.41, 5.74) is -2.62. The third-order valence-electron chi connectivity index (χ3n) is 5.30. The highest BCUT2D eigenvalue weighted by molar-refractivity contribution is 6.30. The van der Waals surface area contributed by atoms with Crippen LogP contribution in [0.15, 0.2) is 66.9 Å². The van der Waals surface area contributed by atoms with Crippen LogP contribution < -0.4 is 5.32 Å². The molecule has 0 amide bonds. The van der Waals surface area contributed by atoms with E-state index >= 15 is 0 Å². The van der Waals surface area contributed by atoms with Gasteiger partial charge in [-0.3, -0.25) is 10.3 Å². The van der Waals surface area contributed by atoms with E-state index in [1.165, 1.54) is 18.3 Å². The second-order valence-corrected chi connectivity index (χ2v) is 8.45. The highest BCUT2D eigenvalue weighted by Crippen LogP contribution is 2.38. The summed E-state index contributed by atoms with van der Waals surface area (Å²) in [6.45, 7) is -0.672. The first-order valence-electron chi connectivity index (χ1n) is 10.3. The van der Waals surface area contributed by atoms with Crippen molar-refractivity contribution in [1.82, 2.24) is 10.3 Å². The molecular weight excluding hydrogens is 501 g/mol. The number of halogens is 8. The maximum atomic E-state index is 14.5. The first-order valence-corrected chi connectivity index (χ1v) is 10.7. The molecule has 2 aromatic carbocycles. The van der Waals surface area contributed by atoms with Crippen molar-refractivity contribution in [3.63, 3.8) is 0 Å². The standard InChI is InChI=1S/C24H20ClF7N2O/c25-18-6-7-21(33-13-18)22(11-15-4-2-1-3-5-15,34-14-20(35)12-23(27,28)29)16-8-17(24(30,31)32)10-19(26)9-16/h1-10,13,20,34-35H,11-12,14H2/t20?,22-/m0/s1. The lowest BCUT2D eigenvalue weighted by molar-refractivity contribution is -0.153. The van der Waals surface area contributed by atoms with Gasteiger partial charge in [0.05, 0.1) is 34.3 Å². The van der Waals surface area contributed by atoms with Crippen LogP contribution in [0.4, 0.5) is 30.7 Å². The van der Waals surface area contributed by atoms with Gasteiger partial charge < -0.3 is 5.11 Å². The Labute approximate surface area is 201 Å². The molecule has 0 saturated carbocycles. The maximum absolute atomic E-state index is 14.5. The van der Waals surface area contributed by atoms with E-state index in [2.05, 4.69) is 10.3 Å². The molecule has 11 heteroatoms. The van der Waals surface area contributed by atoms with Gasteiger partial charge in [0.15, 0.2) is 0 Å². The van der Waals surface area contributed by atoms with Crippen LogP contribution in [0.25, 0.3) is 0 Å². The number of aromatic nitrogens is 1. The van der Waals surface area contributed by atoms with Gasteiger partial charge in [-0.1, -0.05) is 41.9 Å². The van der Waals surface area contributed by atoms with Crippen molar-refractivity contribution in [3.05, 3.63) is 100 Å². The van der Waals surface area contributed by atoms with E-state index in [1.54, 1.807) is 30.3 Å². The third kappa shape index (κ3) is 7.16. The maximum Gasteiger partial charge on any atom is 0.416 e. The molecule has 2 N–H and O–H groups in total.